The number of rotatable bonds is 7. The van der Waals surface area contributed by atoms with Crippen molar-refractivity contribution in [3.8, 4) is 11.5 Å². The second kappa shape index (κ2) is 10.2. The zero-order valence-electron chi connectivity index (χ0n) is 19.7. The van der Waals surface area contributed by atoms with E-state index in [0.717, 1.165) is 23.5 Å². The minimum Gasteiger partial charge on any atom is -0.870 e. The van der Waals surface area contributed by atoms with Crippen LogP contribution < -0.4 is 24.7 Å². The van der Waals surface area contributed by atoms with E-state index in [4.69, 9.17) is 9.47 Å². The minimum absolute atomic E-state index is 0.0597. The summed E-state index contributed by atoms with van der Waals surface area (Å²) in [6.07, 6.45) is 1.30. The van der Waals surface area contributed by atoms with Gasteiger partial charge in [0.25, 0.3) is 11.2 Å². The SMILES string of the molecule is CCOC(=O)C1=C(C)N=c2s/c(=C/c3cc([N+](=O)[O-])cc(OCC)c3[O-])c(=O)n2[C@@H]1c1ccccc1. The molecule has 0 aliphatic carbocycles. The molecule has 0 radical (unpaired) electrons. The number of esters is 1. The van der Waals surface area contributed by atoms with Crippen LogP contribution in [-0.2, 0) is 9.53 Å². The Hall–Kier alpha value is -4.25. The predicted molar refractivity (Wildman–Crippen MR) is 131 cm³/mol. The van der Waals surface area contributed by atoms with Crippen molar-refractivity contribution in [2.45, 2.75) is 26.8 Å². The van der Waals surface area contributed by atoms with Crippen molar-refractivity contribution < 1.29 is 24.3 Å². The number of carbonyl (C=O) groups excluding carboxylic acids is 1. The number of aromatic nitrogens is 1. The lowest BCUT2D eigenvalue weighted by Gasteiger charge is -2.24. The lowest BCUT2D eigenvalue weighted by atomic mass is 9.96. The van der Waals surface area contributed by atoms with E-state index in [0.29, 0.717) is 16.1 Å². The number of hydrogen-bond donors (Lipinski definition) is 0. The van der Waals surface area contributed by atoms with E-state index in [2.05, 4.69) is 4.99 Å². The fourth-order valence-corrected chi connectivity index (χ4v) is 5.00. The number of carbonyl (C=O) groups is 1. The fourth-order valence-electron chi connectivity index (χ4n) is 3.97. The van der Waals surface area contributed by atoms with Crippen LogP contribution in [0.1, 0.15) is 37.9 Å². The summed E-state index contributed by atoms with van der Waals surface area (Å²) in [4.78, 5) is 42.1. The average Bonchev–Trinajstić information content (AvgIpc) is 3.15. The number of nitrogens with zero attached hydrogens (tertiary/aromatic N) is 3. The van der Waals surface area contributed by atoms with Gasteiger partial charge >= 0.3 is 5.97 Å². The number of non-ortho nitro benzene ring substituents is 1. The van der Waals surface area contributed by atoms with Gasteiger partial charge in [-0.3, -0.25) is 19.5 Å². The fraction of sp³-hybridized carbons (Fsp3) is 0.240. The van der Waals surface area contributed by atoms with E-state index in [1.807, 2.05) is 6.07 Å². The highest BCUT2D eigenvalue weighted by Crippen LogP contribution is 2.33. The second-order valence-electron chi connectivity index (χ2n) is 7.77. The summed E-state index contributed by atoms with van der Waals surface area (Å²) < 4.78 is 12.0. The van der Waals surface area contributed by atoms with Gasteiger partial charge in [-0.2, -0.15) is 0 Å². The molecule has 2 aromatic carbocycles. The van der Waals surface area contributed by atoms with Crippen LogP contribution in [0, 0.1) is 10.1 Å². The molecule has 0 saturated heterocycles. The number of fused-ring (bicyclic) bond motifs is 1. The number of hydrogen-bond acceptors (Lipinski definition) is 9. The molecule has 1 aromatic heterocycles. The number of benzene rings is 2. The number of nitro benzene ring substituents is 1. The van der Waals surface area contributed by atoms with Gasteiger partial charge in [-0.1, -0.05) is 47.4 Å². The molecule has 0 unspecified atom stereocenters. The van der Waals surface area contributed by atoms with Gasteiger partial charge in [0.05, 0.1) is 46.0 Å². The molecule has 0 amide bonds. The molecule has 36 heavy (non-hydrogen) atoms. The van der Waals surface area contributed by atoms with E-state index in [-0.39, 0.29) is 40.3 Å². The number of thiazole rings is 1. The molecule has 3 aromatic rings. The summed E-state index contributed by atoms with van der Waals surface area (Å²) in [6.45, 7) is 5.32. The standard InChI is InChI=1S/C25H23N3O7S/c1-4-34-18-13-17(28(32)33)11-16(22(18)29)12-19-23(30)27-21(15-9-7-6-8-10-15)20(24(31)35-5-2)14(3)26-25(27)36-19/h6-13,21,29H,4-5H2,1-3H3/p-1/b19-12+/t21-/m1/s1. The largest absolute Gasteiger partial charge is 0.870 e. The molecule has 10 nitrogen and oxygen atoms in total. The van der Waals surface area contributed by atoms with Crippen molar-refractivity contribution in [2.75, 3.05) is 13.2 Å². The molecule has 1 aliphatic heterocycles. The van der Waals surface area contributed by atoms with E-state index < -0.39 is 28.2 Å². The number of nitro groups is 1. The first-order chi connectivity index (χ1) is 17.3. The molecule has 0 saturated carbocycles. The first kappa shape index (κ1) is 24.9. The smallest absolute Gasteiger partial charge is 0.338 e. The monoisotopic (exact) mass is 508 g/mol. The first-order valence-electron chi connectivity index (χ1n) is 11.1. The zero-order chi connectivity index (χ0) is 26.0. The lowest BCUT2D eigenvalue weighted by molar-refractivity contribution is -0.385. The van der Waals surface area contributed by atoms with E-state index in [9.17, 15) is 24.8 Å². The number of allylic oxidation sites excluding steroid dienone is 1. The molecule has 11 heteroatoms. The molecule has 0 spiro atoms. The maximum absolute atomic E-state index is 13.6. The van der Waals surface area contributed by atoms with Crippen LogP contribution in [0.5, 0.6) is 11.5 Å². The molecule has 0 fully saturated rings. The van der Waals surface area contributed by atoms with Gasteiger partial charge in [-0.25, -0.2) is 9.79 Å². The molecule has 0 N–H and O–H groups in total. The van der Waals surface area contributed by atoms with Crippen LogP contribution >= 0.6 is 11.3 Å². The quantitative estimate of drug-likeness (QED) is 0.271. The van der Waals surface area contributed by atoms with Crippen molar-refractivity contribution in [3.05, 3.63) is 94.7 Å². The summed E-state index contributed by atoms with van der Waals surface area (Å²) in [5.41, 5.74) is 0.441. The Balaban J connectivity index is 1.97. The van der Waals surface area contributed by atoms with Gasteiger partial charge < -0.3 is 14.6 Å². The van der Waals surface area contributed by atoms with Gasteiger partial charge in [0, 0.05) is 6.07 Å². The summed E-state index contributed by atoms with van der Waals surface area (Å²) in [5.74, 6) is -1.33. The van der Waals surface area contributed by atoms with Gasteiger partial charge in [0.1, 0.15) is 5.75 Å². The van der Waals surface area contributed by atoms with Crippen LogP contribution in [-0.4, -0.2) is 28.7 Å². The molecule has 1 atom stereocenters. The summed E-state index contributed by atoms with van der Waals surface area (Å²) >= 11 is 1.02. The Kier molecular flexibility index (Phi) is 7.02. The third-order valence-electron chi connectivity index (χ3n) is 5.50. The van der Waals surface area contributed by atoms with Crippen molar-refractivity contribution >= 4 is 29.1 Å². The Bertz CT molecular complexity index is 1550. The molecular formula is C25H22N3O7S-. The second-order valence-corrected chi connectivity index (χ2v) is 8.77. The van der Waals surface area contributed by atoms with Gasteiger partial charge in [0.2, 0.25) is 0 Å². The van der Waals surface area contributed by atoms with Crippen molar-refractivity contribution in [3.63, 3.8) is 0 Å². The van der Waals surface area contributed by atoms with Crippen LogP contribution in [0.15, 0.2) is 63.5 Å². The van der Waals surface area contributed by atoms with E-state index in [1.165, 1.54) is 10.6 Å². The predicted octanol–water partition coefficient (Wildman–Crippen LogP) is 2.18. The number of ether oxygens (including phenoxy) is 2. The van der Waals surface area contributed by atoms with Crippen LogP contribution in [0.2, 0.25) is 0 Å². The summed E-state index contributed by atoms with van der Waals surface area (Å²) in [6, 6.07) is 10.4. The Morgan fingerprint density at radius 2 is 1.94 bits per heavy atom. The van der Waals surface area contributed by atoms with Gasteiger partial charge in [-0.05, 0) is 38.0 Å². The maximum atomic E-state index is 13.6. The first-order valence-corrected chi connectivity index (χ1v) is 11.9. The highest BCUT2D eigenvalue weighted by Gasteiger charge is 2.33. The van der Waals surface area contributed by atoms with Crippen LogP contribution in [0.25, 0.3) is 6.08 Å². The molecule has 2 heterocycles. The summed E-state index contributed by atoms with van der Waals surface area (Å²) in [7, 11) is 0. The molecule has 4 rings (SSSR count). The third-order valence-corrected chi connectivity index (χ3v) is 6.48. The molecular weight excluding hydrogens is 486 g/mol. The van der Waals surface area contributed by atoms with Crippen LogP contribution in [0.4, 0.5) is 5.69 Å². The van der Waals surface area contributed by atoms with Crippen molar-refractivity contribution in [1.29, 1.82) is 0 Å². The lowest BCUT2D eigenvalue weighted by Crippen LogP contribution is -2.39. The molecule has 0 bridgehead atoms. The minimum atomic E-state index is -0.792. The summed E-state index contributed by atoms with van der Waals surface area (Å²) in [5, 5.41) is 24.3. The Labute approximate surface area is 209 Å². The van der Waals surface area contributed by atoms with E-state index in [1.54, 1.807) is 45.0 Å². The van der Waals surface area contributed by atoms with Crippen LogP contribution in [0.3, 0.4) is 0 Å². The molecule has 186 valence electrons. The molecule has 1 aliphatic rings. The highest BCUT2D eigenvalue weighted by atomic mass is 32.1. The van der Waals surface area contributed by atoms with Crippen molar-refractivity contribution in [1.82, 2.24) is 4.57 Å². The Morgan fingerprint density at radius 1 is 1.22 bits per heavy atom. The highest BCUT2D eigenvalue weighted by molar-refractivity contribution is 7.07. The van der Waals surface area contributed by atoms with Gasteiger partial charge in [-0.15, -0.1) is 0 Å². The Morgan fingerprint density at radius 3 is 2.58 bits per heavy atom. The topological polar surface area (TPSA) is 136 Å². The van der Waals surface area contributed by atoms with E-state index >= 15 is 0 Å². The third kappa shape index (κ3) is 4.52. The average molecular weight is 509 g/mol. The van der Waals surface area contributed by atoms with Gasteiger partial charge in [0.15, 0.2) is 4.80 Å². The van der Waals surface area contributed by atoms with Crippen molar-refractivity contribution in [2.24, 2.45) is 4.99 Å². The zero-order valence-corrected chi connectivity index (χ0v) is 20.5. The normalized spacial score (nSPS) is 15.3. The maximum Gasteiger partial charge on any atom is 0.338 e.